The first-order chi connectivity index (χ1) is 19.2. The molecule has 0 radical (unpaired) electrons. The fourth-order valence-corrected chi connectivity index (χ4v) is 7.91. The van der Waals surface area contributed by atoms with Gasteiger partial charge in [0.2, 0.25) is 0 Å². The summed E-state index contributed by atoms with van der Waals surface area (Å²) in [5, 5.41) is 11.7. The number of ether oxygens (including phenoxy) is 2. The van der Waals surface area contributed by atoms with Gasteiger partial charge in [-0.25, -0.2) is 22.4 Å². The normalized spacial score (nSPS) is 14.9. The van der Waals surface area contributed by atoms with Gasteiger partial charge in [-0.2, -0.15) is 0 Å². The van der Waals surface area contributed by atoms with Crippen LogP contribution in [0.2, 0.25) is 5.02 Å². The zero-order valence-electron chi connectivity index (χ0n) is 21.8. The second kappa shape index (κ2) is 10.3. The van der Waals surface area contributed by atoms with Crippen LogP contribution in [0.1, 0.15) is 29.8 Å². The Morgan fingerprint density at radius 3 is 2.45 bits per heavy atom. The van der Waals surface area contributed by atoms with Gasteiger partial charge in [-0.05, 0) is 74.2 Å². The third kappa shape index (κ3) is 4.49. The average Bonchev–Trinajstić information content (AvgIpc) is 3.55. The van der Waals surface area contributed by atoms with Gasteiger partial charge in [0.15, 0.2) is 5.65 Å². The van der Waals surface area contributed by atoms with E-state index in [0.717, 1.165) is 34.7 Å². The topological polar surface area (TPSA) is 104 Å². The molecule has 0 spiro atoms. The number of aromatic hydroxyl groups is 1. The van der Waals surface area contributed by atoms with Gasteiger partial charge in [0.1, 0.15) is 23.2 Å². The van der Waals surface area contributed by atoms with Gasteiger partial charge < -0.3 is 14.6 Å². The molecule has 3 aromatic heterocycles. The quantitative estimate of drug-likeness (QED) is 0.198. The molecule has 0 atom stereocenters. The summed E-state index contributed by atoms with van der Waals surface area (Å²) < 4.78 is 40.6. The number of aryl methyl sites for hydroxylation is 1. The van der Waals surface area contributed by atoms with Crippen molar-refractivity contribution in [1.82, 2.24) is 13.9 Å². The molecular weight excluding hydrogens is 570 g/mol. The summed E-state index contributed by atoms with van der Waals surface area (Å²) in [5.74, 6) is 0.0764. The first kappa shape index (κ1) is 26.9. The summed E-state index contributed by atoms with van der Waals surface area (Å²) in [6.45, 7) is 2.07. The number of halogens is 1. The molecule has 1 aliphatic rings. The molecule has 2 aromatic carbocycles. The molecule has 0 aliphatic heterocycles. The van der Waals surface area contributed by atoms with Gasteiger partial charge in [0, 0.05) is 30.5 Å². The number of fused-ring (bicyclic) bond motifs is 1. The lowest BCUT2D eigenvalue weighted by molar-refractivity contribution is -0.171. The molecule has 11 heteroatoms. The number of methoxy groups -OCH3 is 1. The third-order valence-corrected chi connectivity index (χ3v) is 10.4. The summed E-state index contributed by atoms with van der Waals surface area (Å²) in [6.07, 6.45) is 5.95. The third-order valence-electron chi connectivity index (χ3n) is 7.22. The molecule has 1 N–H and O–H groups in total. The van der Waals surface area contributed by atoms with Gasteiger partial charge >= 0.3 is 0 Å². The molecular formula is C29H26ClN3O5S2. The molecule has 0 unspecified atom stereocenters. The summed E-state index contributed by atoms with van der Waals surface area (Å²) in [7, 11) is -2.47. The largest absolute Gasteiger partial charge is 0.508 e. The van der Waals surface area contributed by atoms with Crippen molar-refractivity contribution in [2.45, 2.75) is 36.7 Å². The first-order valence-electron chi connectivity index (χ1n) is 12.6. The van der Waals surface area contributed by atoms with Crippen LogP contribution in [-0.4, -0.2) is 41.4 Å². The van der Waals surface area contributed by atoms with Crippen LogP contribution in [0.4, 0.5) is 0 Å². The smallest absolute Gasteiger partial charge is 0.269 e. The van der Waals surface area contributed by atoms with Gasteiger partial charge in [-0.1, -0.05) is 29.3 Å². The molecule has 0 bridgehead atoms. The highest BCUT2D eigenvalue weighted by molar-refractivity contribution is 7.90. The molecule has 1 saturated carbocycles. The van der Waals surface area contributed by atoms with E-state index in [1.54, 1.807) is 55.8 Å². The molecule has 5 aromatic rings. The van der Waals surface area contributed by atoms with Crippen molar-refractivity contribution in [3.63, 3.8) is 0 Å². The van der Waals surface area contributed by atoms with Crippen LogP contribution >= 0.6 is 22.9 Å². The molecule has 3 heterocycles. The Bertz CT molecular complexity index is 1810. The van der Waals surface area contributed by atoms with Crippen LogP contribution in [0, 0.1) is 6.92 Å². The van der Waals surface area contributed by atoms with Crippen LogP contribution in [-0.2, 0) is 25.1 Å². The Hall–Kier alpha value is -3.28. The fraction of sp³-hybridized carbons (Fsp3) is 0.241. The zero-order chi connectivity index (χ0) is 28.1. The number of pyridine rings is 1. The van der Waals surface area contributed by atoms with Crippen molar-refractivity contribution in [3.05, 3.63) is 82.6 Å². The number of hydrogen-bond acceptors (Lipinski definition) is 8. The molecule has 1 fully saturated rings. The minimum absolute atomic E-state index is 0.0764. The average molecular weight is 596 g/mol. The van der Waals surface area contributed by atoms with Crippen LogP contribution in [0.15, 0.2) is 71.9 Å². The highest BCUT2D eigenvalue weighted by Gasteiger charge is 2.43. The van der Waals surface area contributed by atoms with Gasteiger partial charge in [0.25, 0.3) is 10.0 Å². The molecule has 1 aliphatic carbocycles. The number of nitrogens with zero attached hydrogens (tertiary/aromatic N) is 3. The van der Waals surface area contributed by atoms with E-state index in [-0.39, 0.29) is 23.1 Å². The van der Waals surface area contributed by atoms with E-state index in [1.165, 1.54) is 33.6 Å². The molecule has 8 nitrogen and oxygen atoms in total. The lowest BCUT2D eigenvalue weighted by Gasteiger charge is -2.39. The van der Waals surface area contributed by atoms with Crippen molar-refractivity contribution in [3.8, 4) is 27.4 Å². The van der Waals surface area contributed by atoms with Gasteiger partial charge in [0.05, 0.1) is 20.5 Å². The standard InChI is InChI=1S/C29H26ClN3O5S2/c1-18-4-10-21(11-5-18)40(35,36)33-24(19-6-8-20(34)9-7-19)14-22-26(23(30)15-31-27(22)33)25-16-32-28(39-25)29(12-3-13-29)38-17-37-2/h4-11,14-16,34H,3,12-13,17H2,1-2H3. The van der Waals surface area contributed by atoms with Gasteiger partial charge in [-0.15, -0.1) is 11.3 Å². The maximum Gasteiger partial charge on any atom is 0.269 e. The number of benzene rings is 2. The van der Waals surface area contributed by atoms with E-state index < -0.39 is 15.6 Å². The SMILES string of the molecule is COCOC1(c2ncc(-c3c(Cl)cnc4c3cc(-c3ccc(O)cc3)n4S(=O)(=O)c3ccc(C)cc3)s2)CCC1. The lowest BCUT2D eigenvalue weighted by atomic mass is 9.80. The molecule has 40 heavy (non-hydrogen) atoms. The number of hydrogen-bond donors (Lipinski definition) is 1. The molecule has 206 valence electrons. The van der Waals surface area contributed by atoms with E-state index in [2.05, 4.69) is 4.98 Å². The van der Waals surface area contributed by atoms with Crippen molar-refractivity contribution >= 4 is 44.0 Å². The van der Waals surface area contributed by atoms with Crippen LogP contribution in [0.25, 0.3) is 32.7 Å². The van der Waals surface area contributed by atoms with Crippen LogP contribution < -0.4 is 0 Å². The maximum absolute atomic E-state index is 14.1. The Labute approximate surface area is 240 Å². The fourth-order valence-electron chi connectivity index (χ4n) is 4.93. The molecule has 0 saturated heterocycles. The van der Waals surface area contributed by atoms with Crippen LogP contribution in [0.5, 0.6) is 5.75 Å². The number of aromatic nitrogens is 3. The second-order valence-electron chi connectivity index (χ2n) is 9.81. The number of phenols is 1. The van der Waals surface area contributed by atoms with E-state index >= 15 is 0 Å². The Morgan fingerprint density at radius 2 is 1.80 bits per heavy atom. The van der Waals surface area contributed by atoms with Crippen molar-refractivity contribution < 1.29 is 23.0 Å². The van der Waals surface area contributed by atoms with Crippen molar-refractivity contribution in [1.29, 1.82) is 0 Å². The van der Waals surface area contributed by atoms with E-state index in [0.29, 0.717) is 27.2 Å². The Morgan fingerprint density at radius 1 is 1.07 bits per heavy atom. The predicted octanol–water partition coefficient (Wildman–Crippen LogP) is 6.73. The highest BCUT2D eigenvalue weighted by atomic mass is 35.5. The lowest BCUT2D eigenvalue weighted by Crippen LogP contribution is -2.37. The highest BCUT2D eigenvalue weighted by Crippen LogP contribution is 2.49. The minimum Gasteiger partial charge on any atom is -0.508 e. The Kier molecular flexibility index (Phi) is 6.92. The van der Waals surface area contributed by atoms with E-state index in [1.807, 2.05) is 6.92 Å². The summed E-state index contributed by atoms with van der Waals surface area (Å²) in [4.78, 5) is 10.1. The molecule has 6 rings (SSSR count). The predicted molar refractivity (Wildman–Crippen MR) is 155 cm³/mol. The van der Waals surface area contributed by atoms with Crippen LogP contribution in [0.3, 0.4) is 0 Å². The maximum atomic E-state index is 14.1. The van der Waals surface area contributed by atoms with Crippen molar-refractivity contribution in [2.24, 2.45) is 0 Å². The first-order valence-corrected chi connectivity index (χ1v) is 15.3. The minimum atomic E-state index is -4.06. The monoisotopic (exact) mass is 595 g/mol. The van der Waals surface area contributed by atoms with Gasteiger partial charge in [-0.3, -0.25) is 0 Å². The summed E-state index contributed by atoms with van der Waals surface area (Å²) in [5.41, 5.74) is 2.34. The summed E-state index contributed by atoms with van der Waals surface area (Å²) >= 11 is 8.21. The zero-order valence-corrected chi connectivity index (χ0v) is 24.2. The van der Waals surface area contributed by atoms with Crippen molar-refractivity contribution in [2.75, 3.05) is 13.9 Å². The number of rotatable bonds is 8. The second-order valence-corrected chi connectivity index (χ2v) is 13.0. The Balaban J connectivity index is 1.57. The van der Waals surface area contributed by atoms with E-state index in [9.17, 15) is 13.5 Å². The van der Waals surface area contributed by atoms with E-state index in [4.69, 9.17) is 26.1 Å². The number of phenolic OH excluding ortho intramolecular Hbond substituents is 1. The summed E-state index contributed by atoms with van der Waals surface area (Å²) in [6, 6.07) is 14.8. The molecule has 0 amide bonds. The number of thiazole rings is 1.